The van der Waals surface area contributed by atoms with Gasteiger partial charge in [-0.3, -0.25) is 9.36 Å². The molecule has 0 fully saturated rings. The Morgan fingerprint density at radius 3 is 2.40 bits per heavy atom. The van der Waals surface area contributed by atoms with Crippen LogP contribution in [0.3, 0.4) is 0 Å². The van der Waals surface area contributed by atoms with Crippen LogP contribution in [0.25, 0.3) is 10.9 Å². The van der Waals surface area contributed by atoms with Crippen molar-refractivity contribution in [3.63, 3.8) is 0 Å². The summed E-state index contributed by atoms with van der Waals surface area (Å²) in [6.07, 6.45) is 1.03. The second-order valence-corrected chi connectivity index (χ2v) is 7.40. The maximum absolute atomic E-state index is 12.2. The Morgan fingerprint density at radius 2 is 1.80 bits per heavy atom. The summed E-state index contributed by atoms with van der Waals surface area (Å²) in [4.78, 5) is 26.5. The zero-order valence-corrected chi connectivity index (χ0v) is 12.6. The third kappa shape index (κ3) is 3.05. The molecule has 20 heavy (non-hydrogen) atoms. The number of sulfone groups is 1. The molecule has 0 saturated carbocycles. The van der Waals surface area contributed by atoms with E-state index in [0.29, 0.717) is 0 Å². The zero-order valence-electron chi connectivity index (χ0n) is 10.3. The van der Waals surface area contributed by atoms with E-state index in [9.17, 15) is 18.0 Å². The number of nitrogens with one attached hydrogen (secondary N) is 1. The largest absolute Gasteiger partial charge is 0.328 e. The van der Waals surface area contributed by atoms with Crippen molar-refractivity contribution in [1.29, 1.82) is 0 Å². The summed E-state index contributed by atoms with van der Waals surface area (Å²) in [6.45, 7) is -0.219. The standard InChI is InChI=1S/C11H10Cl2N2O4S/c1-20(18,19)3-2-15-10(16)6-4-7(12)8(13)5-9(6)14-11(15)17/h4-5H,2-3H2,1H3,(H,14,17). The van der Waals surface area contributed by atoms with Crippen LogP contribution in [0.2, 0.25) is 10.0 Å². The van der Waals surface area contributed by atoms with E-state index in [1.54, 1.807) is 0 Å². The van der Waals surface area contributed by atoms with E-state index < -0.39 is 21.1 Å². The predicted octanol–water partition coefficient (Wildman–Crippen LogP) is 1.04. The number of H-pyrrole nitrogens is 1. The third-order valence-corrected chi connectivity index (χ3v) is 4.35. The molecule has 0 bridgehead atoms. The molecule has 9 heteroatoms. The van der Waals surface area contributed by atoms with Crippen molar-refractivity contribution < 1.29 is 8.42 Å². The van der Waals surface area contributed by atoms with Crippen molar-refractivity contribution in [3.8, 4) is 0 Å². The van der Waals surface area contributed by atoms with Crippen LogP contribution in [0.1, 0.15) is 0 Å². The van der Waals surface area contributed by atoms with Gasteiger partial charge in [0.1, 0.15) is 9.84 Å². The molecule has 1 aromatic heterocycles. The maximum atomic E-state index is 12.2. The summed E-state index contributed by atoms with van der Waals surface area (Å²) in [7, 11) is -3.28. The summed E-state index contributed by atoms with van der Waals surface area (Å²) in [5.41, 5.74) is -1.04. The van der Waals surface area contributed by atoms with Crippen LogP contribution in [-0.2, 0) is 16.4 Å². The summed E-state index contributed by atoms with van der Waals surface area (Å²) in [5.74, 6) is -0.303. The fourth-order valence-corrected chi connectivity index (χ4v) is 2.55. The monoisotopic (exact) mass is 336 g/mol. The van der Waals surface area contributed by atoms with Gasteiger partial charge in [0.05, 0.1) is 26.7 Å². The van der Waals surface area contributed by atoms with Gasteiger partial charge in [0.25, 0.3) is 5.56 Å². The number of benzene rings is 1. The van der Waals surface area contributed by atoms with Crippen LogP contribution in [0, 0.1) is 0 Å². The Bertz CT molecular complexity index is 899. The lowest BCUT2D eigenvalue weighted by Gasteiger charge is -2.06. The van der Waals surface area contributed by atoms with Crippen LogP contribution in [0.15, 0.2) is 21.7 Å². The van der Waals surface area contributed by atoms with Crippen molar-refractivity contribution in [2.24, 2.45) is 0 Å². The van der Waals surface area contributed by atoms with E-state index in [1.807, 2.05) is 0 Å². The van der Waals surface area contributed by atoms with Gasteiger partial charge in [-0.15, -0.1) is 0 Å². The topological polar surface area (TPSA) is 89.0 Å². The first-order valence-electron chi connectivity index (χ1n) is 5.48. The van der Waals surface area contributed by atoms with E-state index >= 15 is 0 Å². The Hall–Kier alpha value is -1.31. The second kappa shape index (κ2) is 5.23. The van der Waals surface area contributed by atoms with Gasteiger partial charge in [-0.05, 0) is 12.1 Å². The van der Waals surface area contributed by atoms with Crippen LogP contribution in [-0.4, -0.2) is 30.0 Å². The summed E-state index contributed by atoms with van der Waals surface area (Å²) >= 11 is 11.6. The zero-order chi connectivity index (χ0) is 15.1. The molecule has 1 N–H and O–H groups in total. The van der Waals surface area contributed by atoms with Gasteiger partial charge < -0.3 is 4.98 Å². The molecule has 6 nitrogen and oxygen atoms in total. The fourth-order valence-electron chi connectivity index (χ4n) is 1.71. The summed E-state index contributed by atoms with van der Waals surface area (Å²) < 4.78 is 23.1. The molecule has 108 valence electrons. The number of aromatic amines is 1. The smallest absolute Gasteiger partial charge is 0.307 e. The van der Waals surface area contributed by atoms with Crippen molar-refractivity contribution >= 4 is 43.9 Å². The average molecular weight is 337 g/mol. The van der Waals surface area contributed by atoms with Crippen LogP contribution in [0.4, 0.5) is 0 Å². The van der Waals surface area contributed by atoms with E-state index in [1.165, 1.54) is 12.1 Å². The molecule has 0 radical (unpaired) electrons. The quantitative estimate of drug-likeness (QED) is 0.906. The Morgan fingerprint density at radius 1 is 1.20 bits per heavy atom. The molecule has 0 amide bonds. The molecule has 0 atom stereocenters. The van der Waals surface area contributed by atoms with Gasteiger partial charge in [0.15, 0.2) is 0 Å². The molecule has 1 aromatic carbocycles. The van der Waals surface area contributed by atoms with Crippen molar-refractivity contribution in [1.82, 2.24) is 9.55 Å². The average Bonchev–Trinajstić information content (AvgIpc) is 2.30. The summed E-state index contributed by atoms with van der Waals surface area (Å²) in [6, 6.07) is 2.72. The van der Waals surface area contributed by atoms with Gasteiger partial charge in [-0.2, -0.15) is 0 Å². The highest BCUT2D eigenvalue weighted by molar-refractivity contribution is 7.90. The number of aromatic nitrogens is 2. The van der Waals surface area contributed by atoms with E-state index in [0.717, 1.165) is 10.8 Å². The first-order chi connectivity index (χ1) is 9.19. The normalized spacial score (nSPS) is 11.9. The molecule has 2 aromatic rings. The number of fused-ring (bicyclic) bond motifs is 1. The molecule has 0 aliphatic heterocycles. The summed E-state index contributed by atoms with van der Waals surface area (Å²) in [5, 5.41) is 0.564. The lowest BCUT2D eigenvalue weighted by atomic mass is 10.2. The number of hydrogen-bond acceptors (Lipinski definition) is 4. The molecule has 0 spiro atoms. The highest BCUT2D eigenvalue weighted by Crippen LogP contribution is 2.24. The molecule has 2 rings (SSSR count). The molecule has 0 unspecified atom stereocenters. The lowest BCUT2D eigenvalue weighted by Crippen LogP contribution is -2.36. The number of hydrogen-bond donors (Lipinski definition) is 1. The predicted molar refractivity (Wildman–Crippen MR) is 78.6 cm³/mol. The minimum absolute atomic E-state index is 0.174. The highest BCUT2D eigenvalue weighted by atomic mass is 35.5. The molecule has 1 heterocycles. The Labute approximate surface area is 123 Å². The number of nitrogens with zero attached hydrogens (tertiary/aromatic N) is 1. The number of halogens is 2. The van der Waals surface area contributed by atoms with Crippen molar-refractivity contribution in [2.45, 2.75) is 6.54 Å². The molecular formula is C11H10Cl2N2O4S. The molecule has 0 saturated heterocycles. The fraction of sp³-hybridized carbons (Fsp3) is 0.273. The van der Waals surface area contributed by atoms with E-state index in [-0.39, 0.29) is 33.2 Å². The Balaban J connectivity index is 2.66. The van der Waals surface area contributed by atoms with E-state index in [2.05, 4.69) is 4.98 Å². The SMILES string of the molecule is CS(=O)(=O)CCn1c(=O)[nH]c2cc(Cl)c(Cl)cc2c1=O. The van der Waals surface area contributed by atoms with Gasteiger partial charge >= 0.3 is 5.69 Å². The molecule has 0 aliphatic rings. The maximum Gasteiger partial charge on any atom is 0.328 e. The second-order valence-electron chi connectivity index (χ2n) is 4.33. The lowest BCUT2D eigenvalue weighted by molar-refractivity contribution is 0.590. The third-order valence-electron chi connectivity index (χ3n) is 2.71. The number of rotatable bonds is 3. The van der Waals surface area contributed by atoms with Gasteiger partial charge in [-0.25, -0.2) is 13.2 Å². The van der Waals surface area contributed by atoms with Crippen LogP contribution in [0.5, 0.6) is 0 Å². The van der Waals surface area contributed by atoms with Crippen molar-refractivity contribution in [3.05, 3.63) is 43.0 Å². The Kier molecular flexibility index (Phi) is 3.95. The van der Waals surface area contributed by atoms with Crippen LogP contribution >= 0.6 is 23.2 Å². The first kappa shape index (κ1) is 15.1. The van der Waals surface area contributed by atoms with Gasteiger partial charge in [-0.1, -0.05) is 23.2 Å². The molecule has 0 aliphatic carbocycles. The van der Waals surface area contributed by atoms with Crippen molar-refractivity contribution in [2.75, 3.05) is 12.0 Å². The minimum Gasteiger partial charge on any atom is -0.307 e. The highest BCUT2D eigenvalue weighted by Gasteiger charge is 2.12. The van der Waals surface area contributed by atoms with Crippen LogP contribution < -0.4 is 11.2 Å². The van der Waals surface area contributed by atoms with Gasteiger partial charge in [0, 0.05) is 12.8 Å². The van der Waals surface area contributed by atoms with Gasteiger partial charge in [0.2, 0.25) is 0 Å². The first-order valence-corrected chi connectivity index (χ1v) is 8.30. The minimum atomic E-state index is -3.28. The van der Waals surface area contributed by atoms with E-state index in [4.69, 9.17) is 23.2 Å². The molecular weight excluding hydrogens is 327 g/mol.